The maximum atomic E-state index is 12.7. The van der Waals surface area contributed by atoms with Gasteiger partial charge < -0.3 is 37.6 Å². The van der Waals surface area contributed by atoms with Gasteiger partial charge >= 0.3 is 5.97 Å². The third kappa shape index (κ3) is 9.68. The number of rotatable bonds is 14. The molecule has 0 aliphatic heterocycles. The van der Waals surface area contributed by atoms with E-state index in [9.17, 15) is 24.3 Å². The fourth-order valence-corrected chi connectivity index (χ4v) is 2.60. The first-order valence-electron chi connectivity index (χ1n) is 9.80. The molecule has 0 aliphatic carbocycles. The summed E-state index contributed by atoms with van der Waals surface area (Å²) in [6.07, 6.45) is 0.763. The molecule has 0 fully saturated rings. The van der Waals surface area contributed by atoms with Crippen molar-refractivity contribution in [1.29, 1.82) is 0 Å². The summed E-state index contributed by atoms with van der Waals surface area (Å²) in [4.78, 5) is 48.3. The van der Waals surface area contributed by atoms with Gasteiger partial charge in [0.1, 0.15) is 12.1 Å². The molecule has 5 unspecified atom stereocenters. The number of carboxylic acid groups (broad SMARTS) is 1. The average molecular weight is 418 g/mol. The van der Waals surface area contributed by atoms with Gasteiger partial charge in [-0.15, -0.1) is 0 Å². The third-order valence-electron chi connectivity index (χ3n) is 4.62. The van der Waals surface area contributed by atoms with E-state index in [1.807, 2.05) is 6.92 Å². The van der Waals surface area contributed by atoms with E-state index in [0.29, 0.717) is 32.2 Å². The Morgan fingerprint density at radius 1 is 0.931 bits per heavy atom. The van der Waals surface area contributed by atoms with Crippen LogP contribution in [0, 0.1) is 5.92 Å². The molecule has 0 radical (unpaired) electrons. The second-order valence-electron chi connectivity index (χ2n) is 7.05. The van der Waals surface area contributed by atoms with Crippen LogP contribution >= 0.6 is 0 Å². The van der Waals surface area contributed by atoms with Crippen molar-refractivity contribution in [3.05, 3.63) is 0 Å². The summed E-state index contributed by atoms with van der Waals surface area (Å²) in [6, 6.07) is -3.45. The first-order valence-corrected chi connectivity index (χ1v) is 9.80. The summed E-state index contributed by atoms with van der Waals surface area (Å²) in [5, 5.41) is 26.1. The molecule has 11 nitrogen and oxygen atoms in total. The van der Waals surface area contributed by atoms with Gasteiger partial charge in [0.2, 0.25) is 17.7 Å². The monoisotopic (exact) mass is 417 g/mol. The Morgan fingerprint density at radius 2 is 1.52 bits per heavy atom. The Kier molecular flexibility index (Phi) is 12.8. The second-order valence-corrected chi connectivity index (χ2v) is 7.05. The van der Waals surface area contributed by atoms with E-state index in [1.54, 1.807) is 6.92 Å². The highest BCUT2D eigenvalue weighted by atomic mass is 16.4. The summed E-state index contributed by atoms with van der Waals surface area (Å²) in [5.41, 5.74) is 10.8. The third-order valence-corrected chi connectivity index (χ3v) is 4.62. The number of carboxylic acids is 1. The number of hydrogen-bond donors (Lipinski definition) is 7. The molecule has 0 saturated heterocycles. The van der Waals surface area contributed by atoms with Crippen molar-refractivity contribution < 1.29 is 29.4 Å². The highest BCUT2D eigenvalue weighted by Gasteiger charge is 2.33. The first-order chi connectivity index (χ1) is 13.6. The van der Waals surface area contributed by atoms with Crippen molar-refractivity contribution in [1.82, 2.24) is 16.0 Å². The molecule has 0 aromatic rings. The molecule has 168 valence electrons. The molecule has 0 bridgehead atoms. The average Bonchev–Trinajstić information content (AvgIpc) is 2.67. The van der Waals surface area contributed by atoms with Gasteiger partial charge in [0.05, 0.1) is 12.6 Å². The lowest BCUT2D eigenvalue weighted by atomic mass is 9.96. The predicted molar refractivity (Wildman–Crippen MR) is 107 cm³/mol. The highest BCUT2D eigenvalue weighted by Crippen LogP contribution is 2.10. The van der Waals surface area contributed by atoms with Crippen LogP contribution in [0.4, 0.5) is 0 Å². The van der Waals surface area contributed by atoms with Gasteiger partial charge in [-0.1, -0.05) is 20.3 Å². The van der Waals surface area contributed by atoms with Crippen LogP contribution in [0.1, 0.15) is 46.5 Å². The zero-order chi connectivity index (χ0) is 22.6. The minimum absolute atomic E-state index is 0.287. The van der Waals surface area contributed by atoms with E-state index in [-0.39, 0.29) is 12.5 Å². The van der Waals surface area contributed by atoms with Crippen molar-refractivity contribution in [3.8, 4) is 0 Å². The van der Waals surface area contributed by atoms with Crippen molar-refractivity contribution >= 4 is 23.7 Å². The Balaban J connectivity index is 5.37. The molecule has 0 aliphatic rings. The summed E-state index contributed by atoms with van der Waals surface area (Å²) in [6.45, 7) is 4.93. The molecular formula is C18H35N5O6. The quantitative estimate of drug-likeness (QED) is 0.158. The van der Waals surface area contributed by atoms with E-state index < -0.39 is 47.9 Å². The summed E-state index contributed by atoms with van der Waals surface area (Å²) in [7, 11) is 0. The van der Waals surface area contributed by atoms with Gasteiger partial charge in [0.15, 0.2) is 6.04 Å². The van der Waals surface area contributed by atoms with Crippen LogP contribution in [0.15, 0.2) is 0 Å². The number of carbonyl (C=O) groups excluding carboxylic acids is 3. The zero-order valence-electron chi connectivity index (χ0n) is 17.3. The lowest BCUT2D eigenvalue weighted by Gasteiger charge is -2.28. The molecular weight excluding hydrogens is 382 g/mol. The molecule has 3 amide bonds. The number of aliphatic hydroxyl groups excluding tert-OH is 1. The van der Waals surface area contributed by atoms with Gasteiger partial charge in [-0.05, 0) is 38.6 Å². The minimum Gasteiger partial charge on any atom is -0.480 e. The molecule has 0 heterocycles. The molecule has 0 aromatic carbocycles. The fraction of sp³-hybridized carbons (Fsp3) is 0.778. The van der Waals surface area contributed by atoms with Crippen LogP contribution < -0.4 is 27.4 Å². The van der Waals surface area contributed by atoms with Gasteiger partial charge in [-0.25, -0.2) is 4.79 Å². The van der Waals surface area contributed by atoms with E-state index >= 15 is 0 Å². The van der Waals surface area contributed by atoms with Gasteiger partial charge in [0.25, 0.3) is 0 Å². The number of nitrogens with two attached hydrogens (primary N) is 2. The number of amides is 3. The van der Waals surface area contributed by atoms with Crippen molar-refractivity contribution in [2.45, 2.75) is 70.7 Å². The maximum Gasteiger partial charge on any atom is 0.328 e. The van der Waals surface area contributed by atoms with Crippen molar-refractivity contribution in [3.63, 3.8) is 0 Å². The zero-order valence-corrected chi connectivity index (χ0v) is 17.3. The molecule has 0 spiro atoms. The molecule has 29 heavy (non-hydrogen) atoms. The number of hydrogen-bond acceptors (Lipinski definition) is 7. The van der Waals surface area contributed by atoms with Gasteiger partial charge in [0, 0.05) is 0 Å². The maximum absolute atomic E-state index is 12.7. The number of aliphatic carboxylic acids is 1. The number of aliphatic hydroxyl groups is 1. The molecule has 0 aromatic heterocycles. The van der Waals surface area contributed by atoms with Crippen LogP contribution in [0.2, 0.25) is 0 Å². The Labute approximate surface area is 171 Å². The Bertz CT molecular complexity index is 557. The Hall–Kier alpha value is -2.24. The number of nitrogens with one attached hydrogen (secondary N) is 3. The van der Waals surface area contributed by atoms with Gasteiger partial charge in [-0.3, -0.25) is 14.4 Å². The van der Waals surface area contributed by atoms with E-state index in [2.05, 4.69) is 16.0 Å². The molecule has 5 atom stereocenters. The standard InChI is InChI=1S/C18H35N5O6/c1-4-10(2)14(17(27)23-15(11(3)24)18(28)29)22-16(26)12(7-5-6-8-19)21-13(25)9-20/h10-12,14-15,24H,4-9,19-20H2,1-3H3,(H,21,25)(H,22,26)(H,23,27)(H,28,29). The van der Waals surface area contributed by atoms with E-state index in [4.69, 9.17) is 16.6 Å². The number of carbonyl (C=O) groups is 4. The SMILES string of the molecule is CCC(C)C(NC(=O)C(CCCCN)NC(=O)CN)C(=O)NC(C(=O)O)C(C)O. The van der Waals surface area contributed by atoms with Crippen molar-refractivity contribution in [2.75, 3.05) is 13.1 Å². The predicted octanol–water partition coefficient (Wildman–Crippen LogP) is -1.96. The largest absolute Gasteiger partial charge is 0.480 e. The van der Waals surface area contributed by atoms with Crippen molar-refractivity contribution in [2.24, 2.45) is 17.4 Å². The van der Waals surface area contributed by atoms with Crippen LogP contribution in [0.3, 0.4) is 0 Å². The van der Waals surface area contributed by atoms with E-state index in [0.717, 1.165) is 0 Å². The molecule has 9 N–H and O–H groups in total. The fourth-order valence-electron chi connectivity index (χ4n) is 2.60. The van der Waals surface area contributed by atoms with Crippen LogP contribution in [0.5, 0.6) is 0 Å². The summed E-state index contributed by atoms with van der Waals surface area (Å²) in [5.74, 6) is -3.53. The molecule has 0 saturated carbocycles. The second kappa shape index (κ2) is 13.9. The summed E-state index contributed by atoms with van der Waals surface area (Å²) < 4.78 is 0. The molecule has 0 rings (SSSR count). The van der Waals surface area contributed by atoms with Crippen LogP contribution in [-0.2, 0) is 19.2 Å². The van der Waals surface area contributed by atoms with E-state index in [1.165, 1.54) is 6.92 Å². The topological polar surface area (TPSA) is 197 Å². The first kappa shape index (κ1) is 26.8. The minimum atomic E-state index is -1.51. The van der Waals surface area contributed by atoms with Crippen LogP contribution in [-0.4, -0.2) is 71.2 Å². The highest BCUT2D eigenvalue weighted by molar-refractivity contribution is 5.93. The smallest absolute Gasteiger partial charge is 0.328 e. The number of unbranched alkanes of at least 4 members (excludes halogenated alkanes) is 1. The Morgan fingerprint density at radius 3 is 1.97 bits per heavy atom. The lowest BCUT2D eigenvalue weighted by Crippen LogP contribution is -2.59. The lowest BCUT2D eigenvalue weighted by molar-refractivity contribution is -0.145. The normalized spacial score (nSPS) is 16.1. The van der Waals surface area contributed by atoms with Crippen LogP contribution in [0.25, 0.3) is 0 Å². The molecule has 11 heteroatoms. The van der Waals surface area contributed by atoms with Gasteiger partial charge in [-0.2, -0.15) is 0 Å². The summed E-state index contributed by atoms with van der Waals surface area (Å²) >= 11 is 0.